The van der Waals surface area contributed by atoms with Gasteiger partial charge in [0.25, 0.3) is 0 Å². The lowest BCUT2D eigenvalue weighted by molar-refractivity contribution is 0.487. The lowest BCUT2D eigenvalue weighted by Gasteiger charge is -2.08. The van der Waals surface area contributed by atoms with E-state index in [1.807, 2.05) is 0 Å². The van der Waals surface area contributed by atoms with Crippen molar-refractivity contribution >= 4 is 16.6 Å². The maximum Gasteiger partial charge on any atom is 0.176 e. The molecule has 3 nitrogen and oxygen atoms in total. The molecule has 4 rings (SSSR count). The molecule has 0 atom stereocenters. The third-order valence-corrected chi connectivity index (χ3v) is 4.18. The number of furan rings is 1. The van der Waals surface area contributed by atoms with Crippen LogP contribution in [0.3, 0.4) is 0 Å². The summed E-state index contributed by atoms with van der Waals surface area (Å²) in [6.07, 6.45) is 1.54. The quantitative estimate of drug-likeness (QED) is 0.716. The molecule has 0 amide bonds. The van der Waals surface area contributed by atoms with Crippen LogP contribution >= 0.6 is 0 Å². The molecule has 0 fully saturated rings. The van der Waals surface area contributed by atoms with Crippen LogP contribution in [-0.2, 0) is 0 Å². The van der Waals surface area contributed by atoms with Crippen LogP contribution < -0.4 is 5.32 Å². The standard InChI is InChI=1S/C18H13F3N2O/c1-9-15(20)13(7-14(19)16(9)21)10-2-3-12-11(6-10)8-24-17(12)18-22-4-5-23-18/h2-3,6-8H,4-5H2,1H3,(H,22,23). The van der Waals surface area contributed by atoms with Gasteiger partial charge < -0.3 is 9.73 Å². The fourth-order valence-corrected chi connectivity index (χ4v) is 2.89. The average Bonchev–Trinajstić information content (AvgIpc) is 3.24. The van der Waals surface area contributed by atoms with Crippen molar-refractivity contribution in [3.05, 3.63) is 59.3 Å². The smallest absolute Gasteiger partial charge is 0.176 e. The highest BCUT2D eigenvalue weighted by Gasteiger charge is 2.19. The van der Waals surface area contributed by atoms with Crippen LogP contribution in [0.15, 0.2) is 39.9 Å². The highest BCUT2D eigenvalue weighted by Crippen LogP contribution is 2.32. The van der Waals surface area contributed by atoms with E-state index in [-0.39, 0.29) is 11.1 Å². The van der Waals surface area contributed by atoms with Gasteiger partial charge in [-0.3, -0.25) is 4.99 Å². The van der Waals surface area contributed by atoms with Crippen LogP contribution in [0.4, 0.5) is 13.2 Å². The number of benzene rings is 2. The van der Waals surface area contributed by atoms with E-state index in [0.717, 1.165) is 23.4 Å². The van der Waals surface area contributed by atoms with E-state index >= 15 is 0 Å². The van der Waals surface area contributed by atoms with Gasteiger partial charge in [0, 0.05) is 28.4 Å². The Balaban J connectivity index is 1.85. The zero-order chi connectivity index (χ0) is 16.8. The van der Waals surface area contributed by atoms with E-state index in [9.17, 15) is 13.2 Å². The Labute approximate surface area is 135 Å². The largest absolute Gasteiger partial charge is 0.460 e. The maximum atomic E-state index is 14.3. The molecular weight excluding hydrogens is 317 g/mol. The Bertz CT molecular complexity index is 992. The van der Waals surface area contributed by atoms with E-state index in [1.54, 1.807) is 24.5 Å². The first-order chi connectivity index (χ1) is 11.6. The van der Waals surface area contributed by atoms with Crippen molar-refractivity contribution in [2.45, 2.75) is 6.92 Å². The summed E-state index contributed by atoms with van der Waals surface area (Å²) in [6, 6.07) is 5.99. The van der Waals surface area contributed by atoms with E-state index < -0.39 is 17.5 Å². The molecule has 0 saturated carbocycles. The number of rotatable bonds is 2. The Morgan fingerprint density at radius 3 is 2.71 bits per heavy atom. The summed E-state index contributed by atoms with van der Waals surface area (Å²) in [6.45, 7) is 2.67. The average molecular weight is 330 g/mol. The second kappa shape index (κ2) is 5.40. The molecule has 6 heteroatoms. The Kier molecular flexibility index (Phi) is 3.33. The Morgan fingerprint density at radius 2 is 1.96 bits per heavy atom. The summed E-state index contributed by atoms with van der Waals surface area (Å²) in [5, 5.41) is 4.70. The number of fused-ring (bicyclic) bond motifs is 1. The van der Waals surface area contributed by atoms with Crippen LogP contribution in [-0.4, -0.2) is 18.9 Å². The van der Waals surface area contributed by atoms with Gasteiger partial charge in [0.05, 0.1) is 12.8 Å². The summed E-state index contributed by atoms with van der Waals surface area (Å²) in [7, 11) is 0. The monoisotopic (exact) mass is 330 g/mol. The number of halogens is 3. The van der Waals surface area contributed by atoms with Gasteiger partial charge in [-0.2, -0.15) is 0 Å². The zero-order valence-electron chi connectivity index (χ0n) is 12.8. The SMILES string of the molecule is Cc1c(F)c(F)cc(-c2ccc3c(C4=NCCN4)occ3c2)c1F. The molecule has 122 valence electrons. The summed E-state index contributed by atoms with van der Waals surface area (Å²) in [5.41, 5.74) is 0.144. The summed E-state index contributed by atoms with van der Waals surface area (Å²) >= 11 is 0. The highest BCUT2D eigenvalue weighted by atomic mass is 19.2. The minimum atomic E-state index is -1.16. The molecule has 1 aliphatic heterocycles. The van der Waals surface area contributed by atoms with Crippen molar-refractivity contribution < 1.29 is 17.6 Å². The van der Waals surface area contributed by atoms with Crippen LogP contribution in [0, 0.1) is 24.4 Å². The molecule has 0 unspecified atom stereocenters. The number of aliphatic imine (C=N–C) groups is 1. The lowest BCUT2D eigenvalue weighted by atomic mass is 9.99. The number of amidine groups is 1. The molecule has 0 bridgehead atoms. The molecule has 0 aliphatic carbocycles. The zero-order valence-corrected chi connectivity index (χ0v) is 12.8. The van der Waals surface area contributed by atoms with Crippen LogP contribution in [0.2, 0.25) is 0 Å². The first-order valence-corrected chi connectivity index (χ1v) is 7.50. The number of nitrogens with zero attached hydrogens (tertiary/aromatic N) is 1. The second-order valence-electron chi connectivity index (χ2n) is 5.68. The molecule has 0 spiro atoms. The normalized spacial score (nSPS) is 14.1. The topological polar surface area (TPSA) is 37.5 Å². The van der Waals surface area contributed by atoms with Crippen molar-refractivity contribution in [3.63, 3.8) is 0 Å². The predicted molar refractivity (Wildman–Crippen MR) is 85.7 cm³/mol. The lowest BCUT2D eigenvalue weighted by Crippen LogP contribution is -2.18. The fourth-order valence-electron chi connectivity index (χ4n) is 2.89. The highest BCUT2D eigenvalue weighted by molar-refractivity contribution is 6.08. The number of nitrogens with one attached hydrogen (secondary N) is 1. The molecule has 24 heavy (non-hydrogen) atoms. The van der Waals surface area contributed by atoms with Gasteiger partial charge in [0.15, 0.2) is 23.2 Å². The molecule has 1 aliphatic rings. The minimum Gasteiger partial charge on any atom is -0.460 e. The summed E-state index contributed by atoms with van der Waals surface area (Å²) < 4.78 is 47.0. The van der Waals surface area contributed by atoms with Gasteiger partial charge >= 0.3 is 0 Å². The van der Waals surface area contributed by atoms with E-state index in [2.05, 4.69) is 10.3 Å². The van der Waals surface area contributed by atoms with Crippen molar-refractivity contribution in [2.24, 2.45) is 4.99 Å². The third-order valence-electron chi connectivity index (χ3n) is 4.18. The minimum absolute atomic E-state index is 0.0207. The molecule has 1 N–H and O–H groups in total. The van der Waals surface area contributed by atoms with Gasteiger partial charge in [-0.15, -0.1) is 0 Å². The van der Waals surface area contributed by atoms with E-state index in [1.165, 1.54) is 6.92 Å². The summed E-state index contributed by atoms with van der Waals surface area (Å²) in [4.78, 5) is 4.32. The molecule has 3 aromatic rings. The van der Waals surface area contributed by atoms with E-state index in [0.29, 0.717) is 23.7 Å². The molecule has 0 radical (unpaired) electrons. The molecular formula is C18H13F3N2O. The van der Waals surface area contributed by atoms with Crippen molar-refractivity contribution in [3.8, 4) is 11.1 Å². The first-order valence-electron chi connectivity index (χ1n) is 7.50. The van der Waals surface area contributed by atoms with Crippen molar-refractivity contribution in [1.29, 1.82) is 0 Å². The number of hydrogen-bond donors (Lipinski definition) is 1. The number of hydrogen-bond acceptors (Lipinski definition) is 3. The second-order valence-corrected chi connectivity index (χ2v) is 5.68. The molecule has 1 aromatic heterocycles. The van der Waals surface area contributed by atoms with Crippen LogP contribution in [0.5, 0.6) is 0 Å². The third kappa shape index (κ3) is 2.18. The van der Waals surface area contributed by atoms with Gasteiger partial charge in [-0.25, -0.2) is 13.2 Å². The first kappa shape index (κ1) is 14.8. The predicted octanol–water partition coefficient (Wildman–Crippen LogP) is 4.18. The van der Waals surface area contributed by atoms with Crippen LogP contribution in [0.25, 0.3) is 21.9 Å². The van der Waals surface area contributed by atoms with Crippen molar-refractivity contribution in [1.82, 2.24) is 5.32 Å². The molecule has 2 heterocycles. The van der Waals surface area contributed by atoms with Crippen LogP contribution in [0.1, 0.15) is 11.3 Å². The fraction of sp³-hybridized carbons (Fsp3) is 0.167. The maximum absolute atomic E-state index is 14.3. The van der Waals surface area contributed by atoms with Gasteiger partial charge in [0.2, 0.25) is 0 Å². The van der Waals surface area contributed by atoms with Crippen molar-refractivity contribution in [2.75, 3.05) is 13.1 Å². The Hall–Kier alpha value is -2.76. The summed E-state index contributed by atoms with van der Waals surface area (Å²) in [5.74, 6) is -1.68. The van der Waals surface area contributed by atoms with E-state index in [4.69, 9.17) is 4.42 Å². The van der Waals surface area contributed by atoms with Gasteiger partial charge in [-0.05, 0) is 30.7 Å². The molecule has 0 saturated heterocycles. The van der Waals surface area contributed by atoms with Gasteiger partial charge in [0.1, 0.15) is 5.82 Å². The molecule has 2 aromatic carbocycles. The van der Waals surface area contributed by atoms with Gasteiger partial charge in [-0.1, -0.05) is 6.07 Å². The Morgan fingerprint density at radius 1 is 1.12 bits per heavy atom.